The van der Waals surface area contributed by atoms with Crippen molar-refractivity contribution in [1.82, 2.24) is 5.32 Å². The van der Waals surface area contributed by atoms with Crippen molar-refractivity contribution in [2.75, 3.05) is 13.2 Å². The fourth-order valence-electron chi connectivity index (χ4n) is 1.33. The molecule has 3 N–H and O–H groups in total. The molecule has 4 nitrogen and oxygen atoms in total. The maximum absolute atomic E-state index is 10.6. The number of carbonyl (C=O) groups excluding carboxylic acids is 1. The second kappa shape index (κ2) is 3.58. The van der Waals surface area contributed by atoms with Gasteiger partial charge < -0.3 is 20.3 Å². The molecule has 1 rings (SSSR count). The Hall–Kier alpha value is -1.03. The summed E-state index contributed by atoms with van der Waals surface area (Å²) in [5.74, 6) is -0.697. The Morgan fingerprint density at radius 1 is 1.75 bits per heavy atom. The van der Waals surface area contributed by atoms with Crippen molar-refractivity contribution < 1.29 is 15.0 Å². The van der Waals surface area contributed by atoms with Crippen LogP contribution in [0.4, 0.5) is 0 Å². The molecule has 0 spiro atoms. The summed E-state index contributed by atoms with van der Waals surface area (Å²) < 4.78 is 0. The normalized spacial score (nSPS) is 29.8. The Morgan fingerprint density at radius 2 is 2.42 bits per heavy atom. The van der Waals surface area contributed by atoms with Gasteiger partial charge >= 0.3 is 0 Å². The minimum Gasteiger partial charge on any atom is -0.510 e. The van der Waals surface area contributed by atoms with Crippen LogP contribution in [0.3, 0.4) is 0 Å². The molecule has 2 atom stereocenters. The zero-order chi connectivity index (χ0) is 9.14. The molecule has 0 fully saturated rings. The van der Waals surface area contributed by atoms with Crippen LogP contribution in [0.1, 0.15) is 6.92 Å². The summed E-state index contributed by atoms with van der Waals surface area (Å²) in [5.41, 5.74) is 0.622. The molecule has 0 saturated heterocycles. The lowest BCUT2D eigenvalue weighted by molar-refractivity contribution is -0.113. The molecule has 0 amide bonds. The maximum atomic E-state index is 10.6. The molecular weight excluding hydrogens is 158 g/mol. The van der Waals surface area contributed by atoms with E-state index in [1.54, 1.807) is 6.92 Å². The number of aliphatic hydroxyl groups is 2. The monoisotopic (exact) mass is 171 g/mol. The van der Waals surface area contributed by atoms with Crippen molar-refractivity contribution in [1.29, 1.82) is 0 Å². The molecule has 0 bridgehead atoms. The van der Waals surface area contributed by atoms with Crippen LogP contribution < -0.4 is 5.32 Å². The second-order valence-electron chi connectivity index (χ2n) is 3.00. The average Bonchev–Trinajstić information content (AvgIpc) is 2.09. The van der Waals surface area contributed by atoms with Crippen molar-refractivity contribution in [3.63, 3.8) is 0 Å². The molecule has 1 aliphatic rings. The highest BCUT2D eigenvalue weighted by atomic mass is 16.3. The molecule has 2 unspecified atom stereocenters. The molecule has 1 aliphatic heterocycles. The molecule has 12 heavy (non-hydrogen) atoms. The number of hydrogen-bond acceptors (Lipinski definition) is 4. The quantitative estimate of drug-likeness (QED) is 0.503. The van der Waals surface area contributed by atoms with Gasteiger partial charge in [-0.25, -0.2) is 0 Å². The molecule has 0 radical (unpaired) electrons. The van der Waals surface area contributed by atoms with Crippen LogP contribution in [-0.2, 0) is 4.79 Å². The fraction of sp³-hybridized carbons (Fsp3) is 0.625. The number of hydrogen-bond donors (Lipinski definition) is 3. The average molecular weight is 171 g/mol. The summed E-state index contributed by atoms with van der Waals surface area (Å²) in [6, 6.07) is 0. The second-order valence-corrected chi connectivity index (χ2v) is 3.00. The number of allylic oxidation sites excluding steroid dienone is 2. The number of carbonyl (C=O) groups is 1. The van der Waals surface area contributed by atoms with Gasteiger partial charge in [0.1, 0.15) is 12.0 Å². The third-order valence-corrected chi connectivity index (χ3v) is 2.22. The highest BCUT2D eigenvalue weighted by Crippen LogP contribution is 2.22. The molecule has 1 heterocycles. The first-order valence-electron chi connectivity index (χ1n) is 3.90. The number of aliphatic hydroxyl groups excluding tert-OH is 2. The highest BCUT2D eigenvalue weighted by Gasteiger charge is 2.29. The zero-order valence-corrected chi connectivity index (χ0v) is 6.95. The van der Waals surface area contributed by atoms with Crippen LogP contribution in [-0.4, -0.2) is 29.7 Å². The molecule has 4 heteroatoms. The molecular formula is C8H13NO3. The van der Waals surface area contributed by atoms with E-state index in [9.17, 15) is 9.90 Å². The highest BCUT2D eigenvalue weighted by molar-refractivity contribution is 5.59. The van der Waals surface area contributed by atoms with Crippen LogP contribution in [0.25, 0.3) is 0 Å². The fourth-order valence-corrected chi connectivity index (χ4v) is 1.33. The molecule has 0 aliphatic carbocycles. The van der Waals surface area contributed by atoms with Gasteiger partial charge in [0.15, 0.2) is 0 Å². The smallest absolute Gasteiger partial charge is 0.131 e. The van der Waals surface area contributed by atoms with Gasteiger partial charge in [-0.05, 0) is 6.92 Å². The standard InChI is InChI=1S/C8H13NO3/c1-5-8(12)7(4-11)6(3-10)2-9-5/h4,6-7,9-10,12H,2-3H2,1H3. The summed E-state index contributed by atoms with van der Waals surface area (Å²) in [5, 5.41) is 21.2. The Bertz CT molecular complexity index is 212. The third-order valence-electron chi connectivity index (χ3n) is 2.22. The van der Waals surface area contributed by atoms with Gasteiger partial charge in [0, 0.05) is 24.8 Å². The molecule has 0 aromatic heterocycles. The number of nitrogens with one attached hydrogen (secondary N) is 1. The van der Waals surface area contributed by atoms with Crippen LogP contribution in [0.5, 0.6) is 0 Å². The van der Waals surface area contributed by atoms with E-state index >= 15 is 0 Å². The predicted octanol–water partition coefficient (Wildman–Crippen LogP) is -0.197. The Morgan fingerprint density at radius 3 is 2.92 bits per heavy atom. The van der Waals surface area contributed by atoms with Crippen molar-refractivity contribution in [2.45, 2.75) is 6.92 Å². The first-order valence-corrected chi connectivity index (χ1v) is 3.90. The SMILES string of the molecule is CC1=C(O)C(C=O)C(CO)CN1. The topological polar surface area (TPSA) is 69.6 Å². The summed E-state index contributed by atoms with van der Waals surface area (Å²) in [4.78, 5) is 10.6. The van der Waals surface area contributed by atoms with Gasteiger partial charge in [-0.3, -0.25) is 0 Å². The van der Waals surface area contributed by atoms with E-state index in [2.05, 4.69) is 5.32 Å². The van der Waals surface area contributed by atoms with E-state index < -0.39 is 5.92 Å². The van der Waals surface area contributed by atoms with E-state index in [1.807, 2.05) is 0 Å². The molecule has 0 aromatic carbocycles. The first kappa shape index (κ1) is 9.06. The van der Waals surface area contributed by atoms with Crippen molar-refractivity contribution in [3.8, 4) is 0 Å². The first-order chi connectivity index (χ1) is 5.70. The van der Waals surface area contributed by atoms with Crippen molar-refractivity contribution >= 4 is 6.29 Å². The summed E-state index contributed by atoms with van der Waals surface area (Å²) in [6.45, 7) is 2.16. The van der Waals surface area contributed by atoms with Crippen LogP contribution >= 0.6 is 0 Å². The predicted molar refractivity (Wildman–Crippen MR) is 43.5 cm³/mol. The lowest BCUT2D eigenvalue weighted by Crippen LogP contribution is -2.38. The maximum Gasteiger partial charge on any atom is 0.131 e. The van der Waals surface area contributed by atoms with Gasteiger partial charge in [0.2, 0.25) is 0 Å². The van der Waals surface area contributed by atoms with E-state index in [1.165, 1.54) is 0 Å². The van der Waals surface area contributed by atoms with Crippen LogP contribution in [0.2, 0.25) is 0 Å². The number of rotatable bonds is 2. The van der Waals surface area contributed by atoms with Crippen molar-refractivity contribution in [3.05, 3.63) is 11.5 Å². The molecule has 0 saturated carbocycles. The van der Waals surface area contributed by atoms with Gasteiger partial charge in [-0.15, -0.1) is 0 Å². The van der Waals surface area contributed by atoms with E-state index in [0.29, 0.717) is 18.5 Å². The Kier molecular flexibility index (Phi) is 2.70. The zero-order valence-electron chi connectivity index (χ0n) is 6.95. The molecule has 68 valence electrons. The minimum atomic E-state index is -0.545. The number of aldehydes is 1. The van der Waals surface area contributed by atoms with Crippen LogP contribution in [0, 0.1) is 11.8 Å². The van der Waals surface area contributed by atoms with Crippen LogP contribution in [0.15, 0.2) is 11.5 Å². The summed E-state index contributed by atoms with van der Waals surface area (Å²) in [6.07, 6.45) is 0.681. The van der Waals surface area contributed by atoms with Gasteiger partial charge in [0.25, 0.3) is 0 Å². The van der Waals surface area contributed by atoms with E-state index in [-0.39, 0.29) is 18.3 Å². The molecule has 0 aromatic rings. The van der Waals surface area contributed by atoms with Gasteiger partial charge in [-0.1, -0.05) is 0 Å². The third kappa shape index (κ3) is 1.43. The lowest BCUT2D eigenvalue weighted by Gasteiger charge is -2.27. The Balaban J connectivity index is 2.84. The van der Waals surface area contributed by atoms with Gasteiger partial charge in [0.05, 0.1) is 5.92 Å². The van der Waals surface area contributed by atoms with Crippen molar-refractivity contribution in [2.24, 2.45) is 11.8 Å². The largest absolute Gasteiger partial charge is 0.510 e. The van der Waals surface area contributed by atoms with E-state index in [0.717, 1.165) is 0 Å². The minimum absolute atomic E-state index is 0.0512. The van der Waals surface area contributed by atoms with Gasteiger partial charge in [-0.2, -0.15) is 0 Å². The summed E-state index contributed by atoms with van der Waals surface area (Å²) >= 11 is 0. The summed E-state index contributed by atoms with van der Waals surface area (Å²) in [7, 11) is 0. The van der Waals surface area contributed by atoms with E-state index in [4.69, 9.17) is 5.11 Å². The Labute approximate surface area is 70.9 Å². The lowest BCUT2D eigenvalue weighted by atomic mass is 9.89.